The van der Waals surface area contributed by atoms with Gasteiger partial charge < -0.3 is 9.84 Å². The zero-order valence-corrected chi connectivity index (χ0v) is 7.62. The third-order valence-electron chi connectivity index (χ3n) is 2.78. The van der Waals surface area contributed by atoms with Crippen LogP contribution in [0.1, 0.15) is 42.9 Å². The van der Waals surface area contributed by atoms with Gasteiger partial charge in [0.2, 0.25) is 0 Å². The van der Waals surface area contributed by atoms with Gasteiger partial charge in [-0.15, -0.1) is 0 Å². The number of hydrogen-bond acceptors (Lipinski definition) is 3. The van der Waals surface area contributed by atoms with E-state index < -0.39 is 0 Å². The first-order chi connectivity index (χ1) is 6.43. The molecule has 13 heavy (non-hydrogen) atoms. The molecule has 0 saturated heterocycles. The number of nitrogens with zero attached hydrogens (tertiary/aromatic N) is 1. The molecule has 3 heteroatoms. The molecule has 2 aliphatic rings. The van der Waals surface area contributed by atoms with Gasteiger partial charge in [-0.1, -0.05) is 5.16 Å². The van der Waals surface area contributed by atoms with Crippen LogP contribution in [-0.4, -0.2) is 11.2 Å². The first-order valence-electron chi connectivity index (χ1n) is 5.10. The number of aromatic nitrogens is 1. The second kappa shape index (κ2) is 2.84. The largest absolute Gasteiger partial charge is 0.361 e. The molecular weight excluding hydrogens is 164 g/mol. The van der Waals surface area contributed by atoms with Gasteiger partial charge in [-0.2, -0.15) is 0 Å². The van der Waals surface area contributed by atoms with E-state index in [1.807, 2.05) is 6.20 Å². The van der Waals surface area contributed by atoms with Crippen molar-refractivity contribution in [1.29, 1.82) is 0 Å². The maximum atomic E-state index is 5.25. The highest BCUT2D eigenvalue weighted by atomic mass is 16.5. The summed E-state index contributed by atoms with van der Waals surface area (Å²) in [6.45, 7) is 0.944. The highest BCUT2D eigenvalue weighted by Gasteiger charge is 2.30. The summed E-state index contributed by atoms with van der Waals surface area (Å²) in [5.74, 6) is 1.81. The first-order valence-corrected chi connectivity index (χ1v) is 5.10. The summed E-state index contributed by atoms with van der Waals surface area (Å²) in [6, 6.07) is 0.766. The Morgan fingerprint density at radius 1 is 1.38 bits per heavy atom. The Morgan fingerprint density at radius 2 is 2.23 bits per heavy atom. The van der Waals surface area contributed by atoms with E-state index in [0.29, 0.717) is 5.92 Å². The second-order valence-corrected chi connectivity index (χ2v) is 4.14. The van der Waals surface area contributed by atoms with E-state index in [0.717, 1.165) is 18.3 Å². The third kappa shape index (κ3) is 1.61. The molecule has 0 atom stereocenters. The van der Waals surface area contributed by atoms with Crippen LogP contribution < -0.4 is 5.32 Å². The van der Waals surface area contributed by atoms with Gasteiger partial charge >= 0.3 is 0 Å². The van der Waals surface area contributed by atoms with E-state index in [2.05, 4.69) is 10.5 Å². The van der Waals surface area contributed by atoms with Crippen LogP contribution in [0, 0.1) is 0 Å². The zero-order valence-electron chi connectivity index (χ0n) is 7.62. The van der Waals surface area contributed by atoms with Crippen LogP contribution in [0.5, 0.6) is 0 Å². The summed E-state index contributed by atoms with van der Waals surface area (Å²) < 4.78 is 5.25. The molecule has 0 unspecified atom stereocenters. The lowest BCUT2D eigenvalue weighted by atomic mass is 10.2. The number of rotatable bonds is 4. The van der Waals surface area contributed by atoms with E-state index in [1.165, 1.54) is 31.2 Å². The smallest absolute Gasteiger partial charge is 0.144 e. The summed E-state index contributed by atoms with van der Waals surface area (Å²) in [6.07, 6.45) is 7.11. The van der Waals surface area contributed by atoms with Gasteiger partial charge in [-0.05, 0) is 25.7 Å². The number of nitrogens with one attached hydrogen (secondary N) is 1. The van der Waals surface area contributed by atoms with Crippen molar-refractivity contribution in [2.45, 2.75) is 44.2 Å². The van der Waals surface area contributed by atoms with Crippen molar-refractivity contribution < 1.29 is 4.52 Å². The molecule has 1 heterocycles. The predicted octanol–water partition coefficient (Wildman–Crippen LogP) is 1.80. The van der Waals surface area contributed by atoms with Crippen LogP contribution in [0.15, 0.2) is 10.7 Å². The zero-order chi connectivity index (χ0) is 8.67. The molecule has 0 bridgehead atoms. The fourth-order valence-electron chi connectivity index (χ4n) is 1.63. The van der Waals surface area contributed by atoms with Crippen LogP contribution in [0.3, 0.4) is 0 Å². The molecule has 1 aromatic heterocycles. The molecule has 0 radical (unpaired) electrons. The standard InChI is InChI=1S/C10H14N2O/c1-2-7(1)10-8(6-12-13-10)5-11-9-3-4-9/h6-7,9,11H,1-5H2. The molecule has 0 spiro atoms. The summed E-state index contributed by atoms with van der Waals surface area (Å²) in [7, 11) is 0. The van der Waals surface area contributed by atoms with Gasteiger partial charge in [0.1, 0.15) is 5.76 Å². The molecule has 2 saturated carbocycles. The summed E-state index contributed by atoms with van der Waals surface area (Å²) >= 11 is 0. The maximum absolute atomic E-state index is 5.25. The highest BCUT2D eigenvalue weighted by molar-refractivity contribution is 5.21. The fraction of sp³-hybridized carbons (Fsp3) is 0.700. The lowest BCUT2D eigenvalue weighted by Gasteiger charge is -2.00. The Balaban J connectivity index is 1.67. The van der Waals surface area contributed by atoms with E-state index in [9.17, 15) is 0 Å². The van der Waals surface area contributed by atoms with Gasteiger partial charge in [0, 0.05) is 24.1 Å². The van der Waals surface area contributed by atoms with Gasteiger partial charge in [-0.3, -0.25) is 0 Å². The molecule has 3 rings (SSSR count). The second-order valence-electron chi connectivity index (χ2n) is 4.14. The molecule has 3 nitrogen and oxygen atoms in total. The Labute approximate surface area is 77.5 Å². The van der Waals surface area contributed by atoms with E-state index in [1.54, 1.807) is 0 Å². The molecule has 0 amide bonds. The average Bonchev–Trinajstić information content (AvgIpc) is 3.03. The summed E-state index contributed by atoms with van der Waals surface area (Å²) in [4.78, 5) is 0. The van der Waals surface area contributed by atoms with Crippen molar-refractivity contribution in [3.8, 4) is 0 Å². The molecule has 0 aliphatic heterocycles. The predicted molar refractivity (Wildman–Crippen MR) is 48.3 cm³/mol. The van der Waals surface area contributed by atoms with Crippen LogP contribution in [0.2, 0.25) is 0 Å². The lowest BCUT2D eigenvalue weighted by Crippen LogP contribution is -2.15. The van der Waals surface area contributed by atoms with Crippen molar-refractivity contribution in [3.63, 3.8) is 0 Å². The van der Waals surface area contributed by atoms with Gasteiger partial charge in [0.25, 0.3) is 0 Å². The Kier molecular flexibility index (Phi) is 1.65. The van der Waals surface area contributed by atoms with Gasteiger partial charge in [0.15, 0.2) is 0 Å². The molecule has 2 aliphatic carbocycles. The van der Waals surface area contributed by atoms with E-state index >= 15 is 0 Å². The Morgan fingerprint density at radius 3 is 2.92 bits per heavy atom. The van der Waals surface area contributed by atoms with Crippen molar-refractivity contribution in [1.82, 2.24) is 10.5 Å². The maximum Gasteiger partial charge on any atom is 0.144 e. The normalized spacial score (nSPS) is 22.2. The van der Waals surface area contributed by atoms with Gasteiger partial charge in [-0.25, -0.2) is 0 Å². The minimum atomic E-state index is 0.679. The summed E-state index contributed by atoms with van der Waals surface area (Å²) in [5, 5.41) is 7.35. The SMILES string of the molecule is c1noc(C2CC2)c1CNC1CC1. The molecule has 2 fully saturated rings. The van der Waals surface area contributed by atoms with Crippen molar-refractivity contribution >= 4 is 0 Å². The van der Waals surface area contributed by atoms with Crippen LogP contribution in [0.4, 0.5) is 0 Å². The minimum absolute atomic E-state index is 0.679. The van der Waals surface area contributed by atoms with E-state index in [-0.39, 0.29) is 0 Å². The van der Waals surface area contributed by atoms with Crippen molar-refractivity contribution in [2.24, 2.45) is 0 Å². The van der Waals surface area contributed by atoms with Crippen LogP contribution >= 0.6 is 0 Å². The first kappa shape index (κ1) is 7.56. The van der Waals surface area contributed by atoms with Gasteiger partial charge in [0.05, 0.1) is 6.20 Å². The third-order valence-corrected chi connectivity index (χ3v) is 2.78. The quantitative estimate of drug-likeness (QED) is 0.764. The lowest BCUT2D eigenvalue weighted by molar-refractivity contribution is 0.382. The molecule has 70 valence electrons. The topological polar surface area (TPSA) is 38.1 Å². The Bertz CT molecular complexity index is 300. The van der Waals surface area contributed by atoms with Crippen LogP contribution in [0.25, 0.3) is 0 Å². The highest BCUT2D eigenvalue weighted by Crippen LogP contribution is 2.41. The van der Waals surface area contributed by atoms with Crippen molar-refractivity contribution in [3.05, 3.63) is 17.5 Å². The Hall–Kier alpha value is -0.830. The minimum Gasteiger partial charge on any atom is -0.361 e. The fourth-order valence-corrected chi connectivity index (χ4v) is 1.63. The summed E-state index contributed by atoms with van der Waals surface area (Å²) in [5.41, 5.74) is 1.27. The average molecular weight is 178 g/mol. The number of hydrogen-bond donors (Lipinski definition) is 1. The monoisotopic (exact) mass is 178 g/mol. The van der Waals surface area contributed by atoms with E-state index in [4.69, 9.17) is 4.52 Å². The molecular formula is C10H14N2O. The van der Waals surface area contributed by atoms with Crippen LogP contribution in [-0.2, 0) is 6.54 Å². The molecule has 1 N–H and O–H groups in total. The van der Waals surface area contributed by atoms with Crippen molar-refractivity contribution in [2.75, 3.05) is 0 Å². The molecule has 1 aromatic rings. The molecule has 0 aromatic carbocycles.